The Bertz CT molecular complexity index is 1720. The van der Waals surface area contributed by atoms with Gasteiger partial charge >= 0.3 is 0 Å². The van der Waals surface area contributed by atoms with Gasteiger partial charge in [0, 0.05) is 18.6 Å². The SMILES string of the molecule is CC(C)(Cc1cccc(CC(=O)NCc2ccccc2-c2cccc(O)c2)c1)NC[C@@H](O)c1ccc(O)c(NS(C)(=O)=O)c1. The van der Waals surface area contributed by atoms with Gasteiger partial charge in [0.25, 0.3) is 0 Å². The van der Waals surface area contributed by atoms with E-state index in [1.54, 1.807) is 24.3 Å². The lowest BCUT2D eigenvalue weighted by Gasteiger charge is -2.28. The summed E-state index contributed by atoms with van der Waals surface area (Å²) in [6.45, 7) is 4.58. The first-order chi connectivity index (χ1) is 20.8. The number of amides is 1. The van der Waals surface area contributed by atoms with E-state index in [1.807, 2.05) is 68.4 Å². The molecule has 0 saturated carbocycles. The predicted octanol–water partition coefficient (Wildman–Crippen LogP) is 4.64. The van der Waals surface area contributed by atoms with Crippen LogP contribution >= 0.6 is 0 Å². The van der Waals surface area contributed by atoms with Gasteiger partial charge in [-0.05, 0) is 77.9 Å². The van der Waals surface area contributed by atoms with Crippen molar-refractivity contribution < 1.29 is 28.5 Å². The van der Waals surface area contributed by atoms with E-state index in [4.69, 9.17) is 0 Å². The number of hydrogen-bond donors (Lipinski definition) is 6. The topological polar surface area (TPSA) is 148 Å². The molecule has 0 aliphatic carbocycles. The average molecular weight is 618 g/mol. The molecule has 232 valence electrons. The van der Waals surface area contributed by atoms with Crippen LogP contribution in [0.5, 0.6) is 11.5 Å². The van der Waals surface area contributed by atoms with Crippen molar-refractivity contribution in [3.8, 4) is 22.6 Å². The first-order valence-corrected chi connectivity index (χ1v) is 16.1. The zero-order valence-electron chi connectivity index (χ0n) is 25.0. The Labute approximate surface area is 258 Å². The summed E-state index contributed by atoms with van der Waals surface area (Å²) in [5, 5.41) is 37.0. The minimum Gasteiger partial charge on any atom is -0.508 e. The van der Waals surface area contributed by atoms with Gasteiger partial charge in [0.2, 0.25) is 15.9 Å². The molecular formula is C34H39N3O6S. The number of aromatic hydroxyl groups is 2. The molecule has 1 amide bonds. The molecule has 6 N–H and O–H groups in total. The number of benzene rings is 4. The van der Waals surface area contributed by atoms with Crippen molar-refractivity contribution in [3.63, 3.8) is 0 Å². The molecule has 0 aliphatic heterocycles. The third-order valence-electron chi connectivity index (χ3n) is 7.13. The van der Waals surface area contributed by atoms with E-state index >= 15 is 0 Å². The van der Waals surface area contributed by atoms with Gasteiger partial charge in [0.05, 0.1) is 24.5 Å². The third kappa shape index (κ3) is 9.57. The van der Waals surface area contributed by atoms with Gasteiger partial charge in [0.1, 0.15) is 11.5 Å². The summed E-state index contributed by atoms with van der Waals surface area (Å²) in [6.07, 6.45) is 0.895. The van der Waals surface area contributed by atoms with E-state index in [0.29, 0.717) is 18.5 Å². The van der Waals surface area contributed by atoms with E-state index in [1.165, 1.54) is 12.1 Å². The molecule has 9 nitrogen and oxygen atoms in total. The molecule has 0 unspecified atom stereocenters. The first kappa shape index (κ1) is 32.5. The number of β-amino-alcohol motifs (C(OH)–C–C–N with tert-alkyl or cyclic N) is 1. The van der Waals surface area contributed by atoms with Crippen LogP contribution in [-0.4, -0.2) is 48.0 Å². The Balaban J connectivity index is 1.33. The molecule has 0 aromatic heterocycles. The number of sulfonamides is 1. The molecule has 4 rings (SSSR count). The molecule has 0 fully saturated rings. The fraction of sp³-hybridized carbons (Fsp3) is 0.265. The lowest BCUT2D eigenvalue weighted by atomic mass is 9.93. The van der Waals surface area contributed by atoms with Gasteiger partial charge < -0.3 is 26.0 Å². The highest BCUT2D eigenvalue weighted by Crippen LogP contribution is 2.29. The maximum atomic E-state index is 12.9. The summed E-state index contributed by atoms with van der Waals surface area (Å²) in [6, 6.07) is 26.9. The number of carbonyl (C=O) groups is 1. The third-order valence-corrected chi connectivity index (χ3v) is 7.72. The van der Waals surface area contributed by atoms with Gasteiger partial charge in [-0.1, -0.05) is 66.7 Å². The zero-order chi connectivity index (χ0) is 31.9. The van der Waals surface area contributed by atoms with Crippen LogP contribution in [0.25, 0.3) is 11.1 Å². The molecule has 0 saturated heterocycles. The van der Waals surface area contributed by atoms with Crippen molar-refractivity contribution in [2.75, 3.05) is 17.5 Å². The Kier molecular flexibility index (Phi) is 10.3. The van der Waals surface area contributed by atoms with Crippen molar-refractivity contribution in [2.24, 2.45) is 0 Å². The molecule has 0 heterocycles. The quantitative estimate of drug-likeness (QED) is 0.120. The molecule has 0 spiro atoms. The lowest BCUT2D eigenvalue weighted by molar-refractivity contribution is -0.120. The Hall–Kier alpha value is -4.38. The fourth-order valence-electron chi connectivity index (χ4n) is 5.03. The molecule has 4 aromatic rings. The van der Waals surface area contributed by atoms with Crippen molar-refractivity contribution >= 4 is 21.6 Å². The largest absolute Gasteiger partial charge is 0.508 e. The zero-order valence-corrected chi connectivity index (χ0v) is 25.9. The van der Waals surface area contributed by atoms with E-state index in [9.17, 15) is 28.5 Å². The van der Waals surface area contributed by atoms with Crippen LogP contribution in [0.2, 0.25) is 0 Å². The number of nitrogens with one attached hydrogen (secondary N) is 3. The monoisotopic (exact) mass is 617 g/mol. The van der Waals surface area contributed by atoms with Crippen molar-refractivity contribution in [1.29, 1.82) is 0 Å². The van der Waals surface area contributed by atoms with Gasteiger partial charge in [-0.2, -0.15) is 0 Å². The molecule has 0 bridgehead atoms. The average Bonchev–Trinajstić information content (AvgIpc) is 2.95. The summed E-state index contributed by atoms with van der Waals surface area (Å²) in [5.74, 6) is -0.149. The molecule has 44 heavy (non-hydrogen) atoms. The first-order valence-electron chi connectivity index (χ1n) is 14.2. The fourth-order valence-corrected chi connectivity index (χ4v) is 5.59. The van der Waals surface area contributed by atoms with Crippen LogP contribution in [0, 0.1) is 0 Å². The molecule has 0 aliphatic rings. The number of phenols is 2. The van der Waals surface area contributed by atoms with E-state index in [2.05, 4.69) is 15.4 Å². The molecule has 4 aromatic carbocycles. The molecule has 1 atom stereocenters. The minimum absolute atomic E-state index is 0.00449. The maximum absolute atomic E-state index is 12.9. The Morgan fingerprint density at radius 1 is 0.886 bits per heavy atom. The number of anilines is 1. The van der Waals surface area contributed by atoms with Gasteiger partial charge in [-0.25, -0.2) is 8.42 Å². The van der Waals surface area contributed by atoms with Crippen LogP contribution in [0.1, 0.15) is 42.2 Å². The van der Waals surface area contributed by atoms with Crippen LogP contribution in [0.15, 0.2) is 91.0 Å². The van der Waals surface area contributed by atoms with Crippen LogP contribution in [-0.2, 0) is 34.2 Å². The highest BCUT2D eigenvalue weighted by molar-refractivity contribution is 7.92. The van der Waals surface area contributed by atoms with Crippen molar-refractivity contribution in [3.05, 3.63) is 113 Å². The van der Waals surface area contributed by atoms with Crippen LogP contribution in [0.3, 0.4) is 0 Å². The summed E-state index contributed by atoms with van der Waals surface area (Å²) in [7, 11) is -3.59. The minimum atomic E-state index is -3.59. The molecular weight excluding hydrogens is 578 g/mol. The molecule has 0 radical (unpaired) electrons. The highest BCUT2D eigenvalue weighted by Gasteiger charge is 2.21. The normalized spacial score (nSPS) is 12.5. The van der Waals surface area contributed by atoms with E-state index in [-0.39, 0.29) is 36.1 Å². The van der Waals surface area contributed by atoms with Crippen molar-refractivity contribution in [2.45, 2.75) is 44.9 Å². The Morgan fingerprint density at radius 3 is 2.36 bits per heavy atom. The molecule has 10 heteroatoms. The standard InChI is InChI=1S/C34H39N3O6S/c1-34(2,36-22-32(40)26-14-15-31(39)30(19-26)37-44(3,42)43)20-24-9-6-8-23(16-24)17-33(41)35-21-27-10-4-5-13-29(27)25-11-7-12-28(38)18-25/h4-16,18-19,32,36-40H,17,20-22H2,1-3H3,(H,35,41)/t32-/m1/s1. The number of carbonyl (C=O) groups excluding carboxylic acids is 1. The number of hydrogen-bond acceptors (Lipinski definition) is 7. The van der Waals surface area contributed by atoms with Crippen LogP contribution < -0.4 is 15.4 Å². The second-order valence-corrected chi connectivity index (χ2v) is 13.3. The lowest BCUT2D eigenvalue weighted by Crippen LogP contribution is -2.43. The number of rotatable bonds is 13. The number of aliphatic hydroxyl groups excluding tert-OH is 1. The summed E-state index contributed by atoms with van der Waals surface area (Å²) >= 11 is 0. The summed E-state index contributed by atoms with van der Waals surface area (Å²) in [5.41, 5.74) is 4.73. The smallest absolute Gasteiger partial charge is 0.229 e. The number of aliphatic hydroxyl groups is 1. The van der Waals surface area contributed by atoms with Gasteiger partial charge in [-0.15, -0.1) is 0 Å². The number of phenolic OH excluding ortho intramolecular Hbond substituents is 2. The second kappa shape index (κ2) is 13.9. The summed E-state index contributed by atoms with van der Waals surface area (Å²) in [4.78, 5) is 12.9. The van der Waals surface area contributed by atoms with E-state index < -0.39 is 21.7 Å². The predicted molar refractivity (Wildman–Crippen MR) is 173 cm³/mol. The maximum Gasteiger partial charge on any atom is 0.229 e. The second-order valence-electron chi connectivity index (χ2n) is 11.6. The van der Waals surface area contributed by atoms with E-state index in [0.717, 1.165) is 34.1 Å². The van der Waals surface area contributed by atoms with Gasteiger partial charge in [-0.3, -0.25) is 9.52 Å². The highest BCUT2D eigenvalue weighted by atomic mass is 32.2. The van der Waals surface area contributed by atoms with Crippen LogP contribution in [0.4, 0.5) is 5.69 Å². The Morgan fingerprint density at radius 2 is 1.61 bits per heavy atom. The van der Waals surface area contributed by atoms with Crippen molar-refractivity contribution in [1.82, 2.24) is 10.6 Å². The van der Waals surface area contributed by atoms with Gasteiger partial charge in [0.15, 0.2) is 0 Å². The summed E-state index contributed by atoms with van der Waals surface area (Å²) < 4.78 is 25.4.